The van der Waals surface area contributed by atoms with Gasteiger partial charge in [0.25, 0.3) is 0 Å². The van der Waals surface area contributed by atoms with E-state index in [1.807, 2.05) is 13.0 Å². The number of benzene rings is 2. The highest BCUT2D eigenvalue weighted by Crippen LogP contribution is 2.35. The second-order valence-corrected chi connectivity index (χ2v) is 24.8. The highest BCUT2D eigenvalue weighted by molar-refractivity contribution is 7.99. The van der Waals surface area contributed by atoms with Gasteiger partial charge in [0.15, 0.2) is 23.1 Å². The Balaban J connectivity index is 1.28. The summed E-state index contributed by atoms with van der Waals surface area (Å²) in [5.74, 6) is -14.0. The highest BCUT2D eigenvalue weighted by atomic mass is 32.2. The number of rotatable bonds is 24. The van der Waals surface area contributed by atoms with Crippen LogP contribution < -0.4 is 37.2 Å². The number of hydrogen-bond donors (Lipinski definition) is 10. The van der Waals surface area contributed by atoms with Crippen LogP contribution in [0, 0.1) is 23.7 Å². The van der Waals surface area contributed by atoms with Gasteiger partial charge >= 0.3 is 5.97 Å². The lowest BCUT2D eigenvalue weighted by atomic mass is 9.86. The second kappa shape index (κ2) is 34.9. The normalized spacial score (nSPS) is 22.6. The van der Waals surface area contributed by atoms with Crippen molar-refractivity contribution in [2.45, 2.75) is 172 Å². The highest BCUT2D eigenvalue weighted by Gasteiger charge is 2.44. The Labute approximate surface area is 531 Å². The number of thioether (sulfide) groups is 1. The molecule has 3 aromatic rings. The van der Waals surface area contributed by atoms with Gasteiger partial charge in [-0.25, -0.2) is 0 Å². The van der Waals surface area contributed by atoms with E-state index in [1.54, 1.807) is 70.2 Å². The number of amides is 8. The average molecular weight is 1280 g/mol. The summed E-state index contributed by atoms with van der Waals surface area (Å²) >= 11 is 1.01. The van der Waals surface area contributed by atoms with Crippen molar-refractivity contribution >= 4 is 105 Å². The minimum Gasteiger partial charge on any atom is -0.481 e. The molecule has 3 aliphatic heterocycles. The topological polar surface area (TPSA) is 392 Å². The maximum Gasteiger partial charge on any atom is 0.304 e. The van der Waals surface area contributed by atoms with E-state index in [1.165, 1.54) is 0 Å². The monoisotopic (exact) mass is 1280 g/mol. The van der Waals surface area contributed by atoms with Gasteiger partial charge in [0.1, 0.15) is 31.2 Å². The van der Waals surface area contributed by atoms with Gasteiger partial charge in [0.05, 0.1) is 54.7 Å². The van der Waals surface area contributed by atoms with Crippen molar-refractivity contribution in [3.8, 4) is 0 Å². The van der Waals surface area contributed by atoms with Crippen LogP contribution in [0.5, 0.6) is 0 Å². The van der Waals surface area contributed by atoms with Gasteiger partial charge in [-0.05, 0) is 59.9 Å². The lowest BCUT2D eigenvalue weighted by Gasteiger charge is -2.31. The van der Waals surface area contributed by atoms with Gasteiger partial charge in [-0.2, -0.15) is 0 Å². The van der Waals surface area contributed by atoms with Crippen LogP contribution in [-0.2, 0) is 91.1 Å². The van der Waals surface area contributed by atoms with E-state index in [9.17, 15) is 77.3 Å². The molecule has 2 aromatic carbocycles. The van der Waals surface area contributed by atoms with Crippen molar-refractivity contribution in [2.75, 3.05) is 38.7 Å². The lowest BCUT2D eigenvalue weighted by Crippen LogP contribution is -2.55. The minimum atomic E-state index is -1.60. The van der Waals surface area contributed by atoms with Crippen molar-refractivity contribution in [3.05, 3.63) is 65.2 Å². The smallest absolute Gasteiger partial charge is 0.304 e. The number of carboxylic acid groups (broad SMARTS) is 1. The van der Waals surface area contributed by atoms with Crippen molar-refractivity contribution in [2.24, 2.45) is 23.7 Å². The van der Waals surface area contributed by atoms with Gasteiger partial charge in [0.2, 0.25) is 47.3 Å². The predicted molar refractivity (Wildman–Crippen MR) is 331 cm³/mol. The molecule has 1 fully saturated rings. The fourth-order valence-corrected chi connectivity index (χ4v) is 12.4. The third-order valence-electron chi connectivity index (χ3n) is 16.7. The quantitative estimate of drug-likeness (QED) is 0.0450. The van der Waals surface area contributed by atoms with Gasteiger partial charge in [-0.15, -0.1) is 11.8 Å². The Morgan fingerprint density at radius 1 is 0.725 bits per heavy atom. The summed E-state index contributed by atoms with van der Waals surface area (Å²) in [6.45, 7) is 6.20. The van der Waals surface area contributed by atoms with Gasteiger partial charge in [-0.3, -0.25) is 67.1 Å². The fourth-order valence-electron chi connectivity index (χ4n) is 11.2. The molecule has 0 spiro atoms. The number of ketones is 5. The number of Topliss-reactive ketones (excluding diaryl/α,β-unsaturated/α-hetero) is 5. The molecule has 10 atom stereocenters. The lowest BCUT2D eigenvalue weighted by molar-refractivity contribution is -0.148. The third-order valence-corrected chi connectivity index (χ3v) is 17.9. The Bertz CT molecular complexity index is 3190. The van der Waals surface area contributed by atoms with E-state index in [0.29, 0.717) is 52.7 Å². The molecular formula is C64H85N9O17S. The molecule has 3 aliphatic rings. The predicted octanol–water partition coefficient (Wildman–Crippen LogP) is 1.62. The SMILES string of the molecule is CCCC(=O)CCC(=O)NC(Cc1ccccc1)C(=O)CCC(=O)NCOCC(=O)Cc1ccc2[nH]c3c(c2c1)C[C@@H]1CC(=O)[C@H](C(C)CC)NC(=O)[C@@H]2C[C@@H](O)CN2C(=O)[C@H](CC(=O)O)CC(=O)[C@H](CS3)NC(=O)CNC(=O)[C@H]([C@@H](C)CC)NC(=O)CNC1=O. The molecule has 1 saturated heterocycles. The third kappa shape index (κ3) is 21.5. The van der Waals surface area contributed by atoms with Crippen LogP contribution in [0.2, 0.25) is 0 Å². The molecule has 27 heteroatoms. The molecule has 4 heterocycles. The van der Waals surface area contributed by atoms with Gasteiger partial charge < -0.3 is 62.1 Å². The molecule has 91 heavy (non-hydrogen) atoms. The number of aliphatic carboxylic acids is 1. The van der Waals surface area contributed by atoms with E-state index in [4.69, 9.17) is 4.74 Å². The summed E-state index contributed by atoms with van der Waals surface area (Å²) in [6.07, 6.45) is -2.78. The molecule has 26 nitrogen and oxygen atoms in total. The van der Waals surface area contributed by atoms with Crippen molar-refractivity contribution < 1.29 is 82.1 Å². The first-order chi connectivity index (χ1) is 43.4. The number of carbonyl (C=O) groups excluding carboxylic acids is 13. The number of hydrogen-bond acceptors (Lipinski definition) is 17. The molecular weight excluding hydrogens is 1200 g/mol. The Morgan fingerprint density at radius 2 is 1.41 bits per heavy atom. The number of carboxylic acids is 1. The number of nitrogens with zero attached hydrogens (tertiary/aromatic N) is 1. The Morgan fingerprint density at radius 3 is 2.10 bits per heavy atom. The van der Waals surface area contributed by atoms with Crippen LogP contribution in [0.25, 0.3) is 10.9 Å². The van der Waals surface area contributed by atoms with E-state index in [-0.39, 0.29) is 62.9 Å². The van der Waals surface area contributed by atoms with E-state index in [2.05, 4.69) is 42.2 Å². The molecule has 1 aromatic heterocycles. The van der Waals surface area contributed by atoms with Crippen LogP contribution in [0.1, 0.15) is 128 Å². The summed E-state index contributed by atoms with van der Waals surface area (Å²) in [6, 6.07) is 7.68. The Hall–Kier alpha value is -8.17. The van der Waals surface area contributed by atoms with Crippen LogP contribution in [-0.4, -0.2) is 177 Å². The van der Waals surface area contributed by atoms with Crippen molar-refractivity contribution in [3.63, 3.8) is 0 Å². The summed E-state index contributed by atoms with van der Waals surface area (Å²) in [7, 11) is 0. The number of ether oxygens (including phenoxy) is 1. The van der Waals surface area contributed by atoms with Crippen LogP contribution in [0.15, 0.2) is 53.6 Å². The van der Waals surface area contributed by atoms with Crippen molar-refractivity contribution in [1.29, 1.82) is 0 Å². The van der Waals surface area contributed by atoms with Crippen LogP contribution in [0.3, 0.4) is 0 Å². The molecule has 2 bridgehead atoms. The first-order valence-electron chi connectivity index (χ1n) is 31.1. The first-order valence-corrected chi connectivity index (χ1v) is 32.1. The number of aliphatic hydroxyl groups excluding tert-OH is 1. The number of fused-ring (bicyclic) bond motifs is 5. The van der Waals surface area contributed by atoms with Gasteiger partial charge in [-0.1, -0.05) is 83.9 Å². The molecule has 0 radical (unpaired) electrons. The molecule has 10 N–H and O–H groups in total. The number of H-pyrrole nitrogens is 1. The molecule has 0 aliphatic carbocycles. The first kappa shape index (κ1) is 71.9. The number of aliphatic hydroxyl groups is 1. The van der Waals surface area contributed by atoms with E-state index >= 15 is 0 Å². The van der Waals surface area contributed by atoms with E-state index < -0.39 is 189 Å². The van der Waals surface area contributed by atoms with Crippen LogP contribution in [0.4, 0.5) is 0 Å². The zero-order valence-electron chi connectivity index (χ0n) is 52.1. The van der Waals surface area contributed by atoms with E-state index in [0.717, 1.165) is 22.2 Å². The average Bonchev–Trinajstić information content (AvgIpc) is 1.68. The molecule has 494 valence electrons. The second-order valence-electron chi connectivity index (χ2n) is 23.8. The zero-order chi connectivity index (χ0) is 66.5. The largest absolute Gasteiger partial charge is 0.481 e. The number of nitrogens with one attached hydrogen (secondary N) is 8. The standard InChI is InChI=1S/C64H85N9O17S/c1-6-12-41(74)16-19-54(81)68-47(23-37-13-10-9-11-14-37)50(77)18-20-53(80)67-34-90-32-43(76)21-38-15-17-46-44(22-38)45-24-39-25-52(79)58(35(4)7-2)72-61(87)49-28-42(75)31-73(49)64(89)40(27-57(84)85)26-51(78)48(33-91-63(45)70-46)69-55(82)29-66-62(88)59(36(5)8-3)71-56(83)30-65-60(39)86/h9-11,13-15,17,22,35-36,39-40,42,47-49,58-59,70,75H,6-8,12,16,18-21,23-34H2,1-5H3,(H,65,86)(H,66,88)(H,67,80)(H,68,81)(H,69,82)(H,71,83)(H,72,87)(H,84,85)/t35?,36-,39+,40-,42+,47?,48-,49-,58-,59-/m0/s1. The summed E-state index contributed by atoms with van der Waals surface area (Å²) < 4.78 is 5.54. The van der Waals surface area contributed by atoms with Gasteiger partial charge in [0, 0.05) is 86.9 Å². The zero-order valence-corrected chi connectivity index (χ0v) is 52.9. The molecule has 6 rings (SSSR count). The molecule has 8 amide bonds. The number of aromatic nitrogens is 1. The number of carbonyl (C=O) groups is 14. The van der Waals surface area contributed by atoms with Crippen molar-refractivity contribution in [1.82, 2.24) is 47.1 Å². The maximum absolute atomic E-state index is 14.9. The molecule has 0 saturated carbocycles. The minimum absolute atomic E-state index is 0.0445. The molecule has 2 unspecified atom stereocenters. The Kier molecular flexibility index (Phi) is 27.5. The summed E-state index contributed by atoms with van der Waals surface area (Å²) in [4.78, 5) is 196. The maximum atomic E-state index is 14.9. The summed E-state index contributed by atoms with van der Waals surface area (Å²) in [5.41, 5.74) is 2.10. The number of aromatic amines is 1. The fraction of sp³-hybridized carbons (Fsp3) is 0.562. The summed E-state index contributed by atoms with van der Waals surface area (Å²) in [5, 5.41) is 40.1. The van der Waals surface area contributed by atoms with Crippen LogP contribution >= 0.6 is 11.8 Å².